The molecule has 1 aliphatic carbocycles. The van der Waals surface area contributed by atoms with Gasteiger partial charge >= 0.3 is 0 Å². The van der Waals surface area contributed by atoms with Crippen molar-refractivity contribution >= 4 is 36.3 Å². The Labute approximate surface area is 121 Å². The number of aliphatic imine (C=N–C) groups is 2. The molecular weight excluding hydrogens is 270 g/mol. The highest BCUT2D eigenvalue weighted by Crippen LogP contribution is 2.26. The molecule has 0 aromatic carbocycles. The topological polar surface area (TPSA) is 88.7 Å². The van der Waals surface area contributed by atoms with Gasteiger partial charge in [-0.05, 0) is 32.6 Å². The summed E-state index contributed by atoms with van der Waals surface area (Å²) in [5, 5.41) is 6.49. The van der Waals surface area contributed by atoms with Crippen LogP contribution < -0.4 is 5.32 Å². The second-order valence-electron chi connectivity index (χ2n) is 5.12. The summed E-state index contributed by atoms with van der Waals surface area (Å²) in [6.07, 6.45) is 5.51. The number of hydrogen-bond donors (Lipinski definition) is 1. The fourth-order valence-electron chi connectivity index (χ4n) is 2.18. The molecule has 1 N–H and O–H groups in total. The Hall–Kier alpha value is -2.57. The normalized spacial score (nSPS) is 21.0. The number of hydrogen-bond acceptors (Lipinski definition) is 5. The van der Waals surface area contributed by atoms with Crippen LogP contribution in [0.15, 0.2) is 21.8 Å². The molecule has 21 heavy (non-hydrogen) atoms. The lowest BCUT2D eigenvalue weighted by atomic mass is 10.1. The van der Waals surface area contributed by atoms with Gasteiger partial charge in [0.05, 0.1) is 18.7 Å². The molecule has 1 saturated heterocycles. The van der Waals surface area contributed by atoms with E-state index in [1.165, 1.54) is 0 Å². The zero-order valence-electron chi connectivity index (χ0n) is 11.7. The van der Waals surface area contributed by atoms with Crippen LogP contribution in [0.1, 0.15) is 31.7 Å². The quantitative estimate of drug-likeness (QED) is 0.390. The molecule has 2 fully saturated rings. The first-order valence-corrected chi connectivity index (χ1v) is 6.72. The Bertz CT molecular complexity index is 694. The van der Waals surface area contributed by atoms with Gasteiger partial charge in [0.25, 0.3) is 5.91 Å². The molecule has 0 spiro atoms. The number of rotatable bonds is 3. The lowest BCUT2D eigenvalue weighted by Gasteiger charge is -2.03. The van der Waals surface area contributed by atoms with E-state index in [0.717, 1.165) is 18.7 Å². The van der Waals surface area contributed by atoms with Crippen LogP contribution in [0.25, 0.3) is 6.08 Å². The molecule has 3 rings (SSSR count). The van der Waals surface area contributed by atoms with Gasteiger partial charge in [0.2, 0.25) is 5.91 Å². The van der Waals surface area contributed by atoms with Crippen molar-refractivity contribution in [1.82, 2.24) is 15.1 Å². The Morgan fingerprint density at radius 2 is 2.29 bits per heavy atom. The third-order valence-corrected chi connectivity index (χ3v) is 3.37. The zero-order chi connectivity index (χ0) is 15.0. The van der Waals surface area contributed by atoms with Crippen LogP contribution in [0.5, 0.6) is 0 Å². The van der Waals surface area contributed by atoms with Gasteiger partial charge < -0.3 is 0 Å². The molecule has 1 aromatic heterocycles. The molecule has 7 nitrogen and oxygen atoms in total. The Balaban J connectivity index is 1.95. The highest BCUT2D eigenvalue weighted by molar-refractivity contribution is 6.15. The number of imide groups is 1. The molecule has 108 valence electrons. The average molecular weight is 285 g/mol. The molecule has 7 heteroatoms. The molecule has 0 unspecified atom stereocenters. The maximum absolute atomic E-state index is 11.6. The molecule has 0 radical (unpaired) electrons. The largest absolute Gasteiger partial charge is 0.292 e. The number of nitrogens with one attached hydrogen (secondary N) is 1. The minimum absolute atomic E-state index is 0.0791. The van der Waals surface area contributed by atoms with E-state index >= 15 is 0 Å². The van der Waals surface area contributed by atoms with E-state index in [1.54, 1.807) is 17.0 Å². The van der Waals surface area contributed by atoms with Crippen molar-refractivity contribution in [1.29, 1.82) is 0 Å². The van der Waals surface area contributed by atoms with Crippen molar-refractivity contribution in [3.05, 3.63) is 17.3 Å². The summed E-state index contributed by atoms with van der Waals surface area (Å²) in [6.45, 7) is 5.41. The molecular formula is C14H15N5O2. The van der Waals surface area contributed by atoms with E-state index < -0.39 is 0 Å². The summed E-state index contributed by atoms with van der Waals surface area (Å²) in [6, 6.07) is 0.381. The Morgan fingerprint density at radius 3 is 2.86 bits per heavy atom. The van der Waals surface area contributed by atoms with Crippen molar-refractivity contribution in [2.45, 2.75) is 32.2 Å². The molecule has 2 amide bonds. The monoisotopic (exact) mass is 285 g/mol. The summed E-state index contributed by atoms with van der Waals surface area (Å²) in [4.78, 5) is 31.3. The smallest absolute Gasteiger partial charge is 0.254 e. The van der Waals surface area contributed by atoms with Crippen molar-refractivity contribution in [2.24, 2.45) is 9.98 Å². The number of amides is 2. The van der Waals surface area contributed by atoms with E-state index in [2.05, 4.69) is 27.1 Å². The maximum Gasteiger partial charge on any atom is 0.254 e. The highest BCUT2D eigenvalue weighted by Gasteiger charge is 2.25. The Kier molecular flexibility index (Phi) is 3.25. The predicted octanol–water partition coefficient (Wildman–Crippen LogP) is 1.07. The van der Waals surface area contributed by atoms with E-state index in [-0.39, 0.29) is 18.2 Å². The average Bonchev–Trinajstić information content (AvgIpc) is 3.06. The SMILES string of the molecule is C=Nc1c(C=C2CC(=O)NC2=O)cnn1C(C)=NC1CC1. The molecule has 2 aliphatic rings. The second-order valence-corrected chi connectivity index (χ2v) is 5.12. The van der Waals surface area contributed by atoms with Gasteiger partial charge in [-0.3, -0.25) is 19.9 Å². The van der Waals surface area contributed by atoms with Crippen molar-refractivity contribution in [2.75, 3.05) is 0 Å². The number of nitrogens with zero attached hydrogens (tertiary/aromatic N) is 4. The summed E-state index contributed by atoms with van der Waals surface area (Å²) >= 11 is 0. The van der Waals surface area contributed by atoms with Crippen LogP contribution in [0.2, 0.25) is 0 Å². The zero-order valence-corrected chi connectivity index (χ0v) is 11.7. The van der Waals surface area contributed by atoms with E-state index in [1.807, 2.05) is 6.92 Å². The summed E-state index contributed by atoms with van der Waals surface area (Å²) < 4.78 is 1.60. The molecule has 1 aromatic rings. The van der Waals surface area contributed by atoms with E-state index in [4.69, 9.17) is 0 Å². The third-order valence-electron chi connectivity index (χ3n) is 3.37. The first-order chi connectivity index (χ1) is 10.1. The minimum Gasteiger partial charge on any atom is -0.292 e. The van der Waals surface area contributed by atoms with Gasteiger partial charge in [0.15, 0.2) is 5.82 Å². The lowest BCUT2D eigenvalue weighted by Crippen LogP contribution is -2.19. The highest BCUT2D eigenvalue weighted by atomic mass is 16.2. The van der Waals surface area contributed by atoms with Gasteiger partial charge in [0, 0.05) is 11.1 Å². The van der Waals surface area contributed by atoms with Gasteiger partial charge in [-0.1, -0.05) is 0 Å². The van der Waals surface area contributed by atoms with Gasteiger partial charge in [-0.25, -0.2) is 9.67 Å². The van der Waals surface area contributed by atoms with Gasteiger partial charge in [-0.2, -0.15) is 5.10 Å². The first-order valence-electron chi connectivity index (χ1n) is 6.72. The van der Waals surface area contributed by atoms with Crippen molar-refractivity contribution < 1.29 is 9.59 Å². The number of carbonyl (C=O) groups is 2. The summed E-state index contributed by atoms with van der Waals surface area (Å²) in [7, 11) is 0. The van der Waals surface area contributed by atoms with E-state index in [0.29, 0.717) is 23.0 Å². The molecule has 1 saturated carbocycles. The maximum atomic E-state index is 11.6. The standard InChI is InChI=1S/C14H15N5O2/c1-8(17-11-3-4-11)19-13(15-2)10(7-16-19)5-9-6-12(20)18-14(9)21/h5,7,11H,2-4,6H2,1H3,(H,18,20,21). The van der Waals surface area contributed by atoms with E-state index in [9.17, 15) is 9.59 Å². The van der Waals surface area contributed by atoms with Crippen molar-refractivity contribution in [3.8, 4) is 0 Å². The Morgan fingerprint density at radius 1 is 1.52 bits per heavy atom. The minimum atomic E-state index is -0.369. The fourth-order valence-corrected chi connectivity index (χ4v) is 2.18. The van der Waals surface area contributed by atoms with Gasteiger partial charge in [0.1, 0.15) is 5.84 Å². The number of aromatic nitrogens is 2. The fraction of sp³-hybridized carbons (Fsp3) is 0.357. The molecule has 2 heterocycles. The molecule has 0 bridgehead atoms. The van der Waals surface area contributed by atoms with Crippen LogP contribution in [0, 0.1) is 0 Å². The predicted molar refractivity (Wildman–Crippen MR) is 78.7 cm³/mol. The third kappa shape index (κ3) is 2.67. The van der Waals surface area contributed by atoms with Crippen LogP contribution in [-0.2, 0) is 9.59 Å². The van der Waals surface area contributed by atoms with Crippen molar-refractivity contribution in [3.63, 3.8) is 0 Å². The molecule has 0 atom stereocenters. The van der Waals surface area contributed by atoms with Gasteiger partial charge in [-0.15, -0.1) is 0 Å². The van der Waals surface area contributed by atoms with Crippen LogP contribution in [-0.4, -0.2) is 40.2 Å². The summed E-state index contributed by atoms with van der Waals surface area (Å²) in [5.41, 5.74) is 1.05. The molecule has 1 aliphatic heterocycles. The van der Waals surface area contributed by atoms with Crippen LogP contribution in [0.4, 0.5) is 5.82 Å². The first kappa shape index (κ1) is 13.4. The lowest BCUT2D eigenvalue weighted by molar-refractivity contribution is -0.124. The van der Waals surface area contributed by atoms with Crippen LogP contribution in [0.3, 0.4) is 0 Å². The second kappa shape index (κ2) is 5.08. The van der Waals surface area contributed by atoms with Crippen LogP contribution >= 0.6 is 0 Å². The number of carbonyl (C=O) groups excluding carboxylic acids is 2. The summed E-state index contributed by atoms with van der Waals surface area (Å²) in [5.74, 6) is 0.609.